The molecule has 1 aliphatic rings. The highest BCUT2D eigenvalue weighted by Gasteiger charge is 2.34. The van der Waals surface area contributed by atoms with Gasteiger partial charge in [-0.25, -0.2) is 9.79 Å². The zero-order valence-corrected chi connectivity index (χ0v) is 19.3. The molecule has 5 nitrogen and oxygen atoms in total. The number of hydrogen-bond donors (Lipinski definition) is 1. The standard InChI is InChI=1S/C26H37N3O2/c1-7-13-22(5)29(25(30)31)19-24-14-11-16-26(6,18-24)20-28(10-4)21-27-17-12-15-23(8-2)9-3/h2,7,9,12-13,15,17,21,24H,3,5,10-11,14,16,18-20H2,1,4,6H3,(H,30,31)/b13-7-,17-12+,23-15-,27-21-. The molecule has 168 valence electrons. The third kappa shape index (κ3) is 9.13. The lowest BCUT2D eigenvalue weighted by molar-refractivity contribution is 0.102. The highest BCUT2D eigenvalue weighted by atomic mass is 16.4. The van der Waals surface area contributed by atoms with Gasteiger partial charge in [0, 0.05) is 37.1 Å². The quantitative estimate of drug-likeness (QED) is 0.196. The predicted molar refractivity (Wildman–Crippen MR) is 131 cm³/mol. The molecule has 0 aromatic rings. The lowest BCUT2D eigenvalue weighted by Gasteiger charge is -2.42. The van der Waals surface area contributed by atoms with Crippen LogP contribution < -0.4 is 0 Å². The first-order valence-corrected chi connectivity index (χ1v) is 10.8. The molecule has 2 unspecified atom stereocenters. The van der Waals surface area contributed by atoms with Crippen LogP contribution in [0.2, 0.25) is 0 Å². The molecule has 5 heteroatoms. The maximum atomic E-state index is 11.7. The molecule has 0 heterocycles. The summed E-state index contributed by atoms with van der Waals surface area (Å²) in [6, 6.07) is 0. The number of carboxylic acid groups (broad SMARTS) is 1. The van der Waals surface area contributed by atoms with Crippen LogP contribution in [0.4, 0.5) is 4.79 Å². The molecule has 0 radical (unpaired) electrons. The summed E-state index contributed by atoms with van der Waals surface area (Å²) >= 11 is 0. The molecule has 0 aromatic heterocycles. The molecule has 1 saturated carbocycles. The average molecular weight is 424 g/mol. The molecular weight excluding hydrogens is 386 g/mol. The number of nitrogens with zero attached hydrogens (tertiary/aromatic N) is 3. The summed E-state index contributed by atoms with van der Waals surface area (Å²) < 4.78 is 0. The summed E-state index contributed by atoms with van der Waals surface area (Å²) in [5.74, 6) is 2.86. The van der Waals surface area contributed by atoms with Gasteiger partial charge >= 0.3 is 6.09 Å². The van der Waals surface area contributed by atoms with Gasteiger partial charge in [-0.3, -0.25) is 4.90 Å². The number of aliphatic imine (C=N–C) groups is 1. The number of allylic oxidation sites excluding steroid dienone is 6. The molecule has 1 rings (SSSR count). The number of amides is 1. The molecular formula is C26H37N3O2. The topological polar surface area (TPSA) is 56.1 Å². The Balaban J connectivity index is 2.76. The van der Waals surface area contributed by atoms with Crippen molar-refractivity contribution in [3.63, 3.8) is 0 Å². The van der Waals surface area contributed by atoms with Gasteiger partial charge in [-0.1, -0.05) is 44.6 Å². The first-order chi connectivity index (χ1) is 14.8. The molecule has 0 aliphatic heterocycles. The van der Waals surface area contributed by atoms with Crippen molar-refractivity contribution in [2.45, 2.75) is 46.5 Å². The number of terminal acetylenes is 1. The Morgan fingerprint density at radius 3 is 2.77 bits per heavy atom. The summed E-state index contributed by atoms with van der Waals surface area (Å²) in [5, 5.41) is 9.60. The van der Waals surface area contributed by atoms with Crippen molar-refractivity contribution >= 4 is 12.4 Å². The smallest absolute Gasteiger partial charge is 0.411 e. The highest BCUT2D eigenvalue weighted by Crippen LogP contribution is 2.40. The van der Waals surface area contributed by atoms with Crippen LogP contribution in [0.25, 0.3) is 0 Å². The van der Waals surface area contributed by atoms with E-state index in [1.807, 2.05) is 19.3 Å². The maximum absolute atomic E-state index is 11.7. The highest BCUT2D eigenvalue weighted by molar-refractivity contribution is 5.68. The Kier molecular flexibility index (Phi) is 11.2. The van der Waals surface area contributed by atoms with Crippen molar-refractivity contribution in [2.24, 2.45) is 16.3 Å². The summed E-state index contributed by atoms with van der Waals surface area (Å²) in [4.78, 5) is 19.7. The van der Waals surface area contributed by atoms with Gasteiger partial charge in [0.05, 0.1) is 6.34 Å². The first kappa shape index (κ1) is 26.0. The van der Waals surface area contributed by atoms with E-state index in [0.717, 1.165) is 38.8 Å². The largest absolute Gasteiger partial charge is 0.465 e. The second-order valence-corrected chi connectivity index (χ2v) is 8.30. The van der Waals surface area contributed by atoms with E-state index in [2.05, 4.69) is 42.8 Å². The summed E-state index contributed by atoms with van der Waals surface area (Å²) in [7, 11) is 0. The Morgan fingerprint density at radius 1 is 1.45 bits per heavy atom. The van der Waals surface area contributed by atoms with Crippen LogP contribution in [0.5, 0.6) is 0 Å². The van der Waals surface area contributed by atoms with Crippen LogP contribution in [0.15, 0.2) is 66.0 Å². The molecule has 31 heavy (non-hydrogen) atoms. The van der Waals surface area contributed by atoms with E-state index >= 15 is 0 Å². The number of hydrogen-bond acceptors (Lipinski definition) is 2. The van der Waals surface area contributed by atoms with E-state index < -0.39 is 6.09 Å². The molecule has 2 atom stereocenters. The van der Waals surface area contributed by atoms with Gasteiger partial charge in [0.1, 0.15) is 0 Å². The molecule has 0 saturated heterocycles. The fourth-order valence-corrected chi connectivity index (χ4v) is 4.11. The average Bonchev–Trinajstić information content (AvgIpc) is 2.73. The molecule has 1 fully saturated rings. The minimum Gasteiger partial charge on any atom is -0.465 e. The van der Waals surface area contributed by atoms with Crippen molar-refractivity contribution in [3.8, 4) is 12.3 Å². The van der Waals surface area contributed by atoms with E-state index in [9.17, 15) is 9.90 Å². The summed E-state index contributed by atoms with van der Waals surface area (Å²) in [6.07, 6.45) is 21.0. The third-order valence-corrected chi connectivity index (χ3v) is 5.61. The van der Waals surface area contributed by atoms with E-state index in [1.165, 1.54) is 4.90 Å². The molecule has 0 aromatic carbocycles. The minimum absolute atomic E-state index is 0.111. The fourth-order valence-electron chi connectivity index (χ4n) is 4.11. The van der Waals surface area contributed by atoms with Gasteiger partial charge in [-0.15, -0.1) is 6.42 Å². The van der Waals surface area contributed by atoms with E-state index in [1.54, 1.807) is 30.5 Å². The fraction of sp³-hybridized carbons (Fsp3) is 0.462. The zero-order valence-electron chi connectivity index (χ0n) is 19.3. The van der Waals surface area contributed by atoms with Crippen molar-refractivity contribution in [2.75, 3.05) is 19.6 Å². The second-order valence-electron chi connectivity index (χ2n) is 8.30. The van der Waals surface area contributed by atoms with E-state index in [0.29, 0.717) is 23.7 Å². The lowest BCUT2D eigenvalue weighted by Crippen LogP contribution is -2.41. The van der Waals surface area contributed by atoms with Gasteiger partial charge in [0.15, 0.2) is 0 Å². The Bertz CT molecular complexity index is 785. The molecule has 1 aliphatic carbocycles. The summed E-state index contributed by atoms with van der Waals surface area (Å²) in [6.45, 7) is 16.1. The second kappa shape index (κ2) is 13.3. The van der Waals surface area contributed by atoms with Crippen molar-refractivity contribution in [3.05, 3.63) is 61.0 Å². The zero-order chi connectivity index (χ0) is 23.3. The Morgan fingerprint density at radius 2 is 2.19 bits per heavy atom. The first-order valence-electron chi connectivity index (χ1n) is 10.8. The van der Waals surface area contributed by atoms with Gasteiger partial charge in [-0.05, 0) is 62.7 Å². The van der Waals surface area contributed by atoms with Crippen LogP contribution in [0, 0.1) is 23.7 Å². The van der Waals surface area contributed by atoms with Crippen LogP contribution in [-0.2, 0) is 0 Å². The lowest BCUT2D eigenvalue weighted by atomic mass is 9.70. The Labute approximate surface area is 188 Å². The van der Waals surface area contributed by atoms with Crippen molar-refractivity contribution in [1.29, 1.82) is 0 Å². The normalized spacial score (nSPS) is 22.0. The summed E-state index contributed by atoms with van der Waals surface area (Å²) in [5.41, 5.74) is 1.35. The van der Waals surface area contributed by atoms with Gasteiger partial charge in [0.25, 0.3) is 0 Å². The predicted octanol–water partition coefficient (Wildman–Crippen LogP) is 5.86. The number of rotatable bonds is 11. The molecule has 1 N–H and O–H groups in total. The molecule has 0 bridgehead atoms. The van der Waals surface area contributed by atoms with Crippen LogP contribution >= 0.6 is 0 Å². The van der Waals surface area contributed by atoms with Crippen LogP contribution in [-0.4, -0.2) is 47.0 Å². The third-order valence-electron chi connectivity index (χ3n) is 5.61. The molecule has 0 spiro atoms. The van der Waals surface area contributed by atoms with E-state index in [4.69, 9.17) is 6.42 Å². The van der Waals surface area contributed by atoms with Gasteiger partial charge in [0.2, 0.25) is 0 Å². The number of carbonyl (C=O) groups is 1. The van der Waals surface area contributed by atoms with E-state index in [-0.39, 0.29) is 5.41 Å². The van der Waals surface area contributed by atoms with Crippen LogP contribution in [0.1, 0.15) is 46.5 Å². The SMILES string of the molecule is C#C/C(C=C)=C/C=C/N=C\N(CC)CC1(C)CCCC(CN(C(=C)/C=C\C)C(=O)O)C1. The minimum atomic E-state index is -0.942. The monoisotopic (exact) mass is 423 g/mol. The van der Waals surface area contributed by atoms with Crippen molar-refractivity contribution < 1.29 is 9.90 Å². The Hall–Kier alpha value is -3.00. The van der Waals surface area contributed by atoms with Crippen molar-refractivity contribution in [1.82, 2.24) is 9.80 Å². The van der Waals surface area contributed by atoms with Crippen LogP contribution in [0.3, 0.4) is 0 Å². The van der Waals surface area contributed by atoms with Gasteiger partial charge in [-0.2, -0.15) is 0 Å². The molecule has 1 amide bonds. The van der Waals surface area contributed by atoms with Gasteiger partial charge < -0.3 is 10.0 Å². The maximum Gasteiger partial charge on any atom is 0.411 e.